The molecule has 0 saturated carbocycles. The van der Waals surface area contributed by atoms with Gasteiger partial charge in [0.1, 0.15) is 24.4 Å². The Morgan fingerprint density at radius 1 is 0.745 bits per heavy atom. The van der Waals surface area contributed by atoms with Gasteiger partial charge in [-0.05, 0) is 86.1 Å². The van der Waals surface area contributed by atoms with Gasteiger partial charge in [0.05, 0.1) is 17.8 Å². The van der Waals surface area contributed by atoms with Gasteiger partial charge in [0.15, 0.2) is 6.29 Å². The first-order valence-electron chi connectivity index (χ1n) is 19.4. The molecule has 0 amide bonds. The molecule has 1 fully saturated rings. The van der Waals surface area contributed by atoms with Crippen molar-refractivity contribution in [3.05, 3.63) is 142 Å². The number of rotatable bonds is 17. The molecule has 1 aliphatic heterocycles. The van der Waals surface area contributed by atoms with Crippen molar-refractivity contribution in [2.24, 2.45) is 5.41 Å². The van der Waals surface area contributed by atoms with E-state index in [0.29, 0.717) is 0 Å². The average molecular weight is 759 g/mol. The number of hydrogen-bond donors (Lipinski definition) is 3. The Labute approximate surface area is 332 Å². The van der Waals surface area contributed by atoms with Crippen molar-refractivity contribution in [3.8, 4) is 0 Å². The summed E-state index contributed by atoms with van der Waals surface area (Å²) >= 11 is 0. The summed E-state index contributed by atoms with van der Waals surface area (Å²) in [7, 11) is 3.01. The van der Waals surface area contributed by atoms with E-state index in [-0.39, 0.29) is 11.5 Å². The van der Waals surface area contributed by atoms with Crippen LogP contribution in [0.3, 0.4) is 0 Å². The molecule has 0 spiro atoms. The molecule has 1 saturated heterocycles. The van der Waals surface area contributed by atoms with E-state index < -0.39 is 42.4 Å². The minimum atomic E-state index is -1.21. The first-order chi connectivity index (χ1) is 25.8. The van der Waals surface area contributed by atoms with Crippen molar-refractivity contribution < 1.29 is 34.3 Å². The van der Waals surface area contributed by atoms with E-state index in [0.717, 1.165) is 35.1 Å². The van der Waals surface area contributed by atoms with E-state index in [2.05, 4.69) is 96.2 Å². The van der Waals surface area contributed by atoms with E-state index >= 15 is 0 Å². The van der Waals surface area contributed by atoms with Crippen LogP contribution in [0.1, 0.15) is 89.0 Å². The fourth-order valence-corrected chi connectivity index (χ4v) is 6.66. The van der Waals surface area contributed by atoms with E-state index in [1.54, 1.807) is 19.9 Å². The van der Waals surface area contributed by atoms with Crippen molar-refractivity contribution in [2.45, 2.75) is 138 Å². The molecule has 1 aliphatic carbocycles. The van der Waals surface area contributed by atoms with Gasteiger partial charge in [0.2, 0.25) is 0 Å². The minimum Gasteiger partial charge on any atom is -0.393 e. The standard InChI is InChI=1S/C48H70O7/c1-33(19-14-15-20-34(2)22-17-25-36(4)27-29-41-38(6)31-40(49)32-47(41,8)9)21-16-23-35(3)24-18-26-37(5)28-30-42(48(10,11)51)55-46-45(53-13)43(50)44(52-12)39(7)54-46/h14-30,39-40,42-46,49-51H,31-32H2,1-13H3/b15-14+,21-16+,22-17+,24-18+,29-27+,30-28+,33-19+,34-20+,35-23+,36-25+,37-26+/t39-,40+,42-,43+,44+,45-,46-/m0/s1. The van der Waals surface area contributed by atoms with Crippen molar-refractivity contribution >= 4 is 0 Å². The van der Waals surface area contributed by atoms with Crippen LogP contribution in [-0.4, -0.2) is 78.1 Å². The van der Waals surface area contributed by atoms with Gasteiger partial charge < -0.3 is 34.3 Å². The second-order valence-corrected chi connectivity index (χ2v) is 16.2. The molecule has 3 N–H and O–H groups in total. The fraction of sp³-hybridized carbons (Fsp3) is 0.500. The molecular weight excluding hydrogens is 689 g/mol. The summed E-state index contributed by atoms with van der Waals surface area (Å²) in [5.74, 6) is 0. The molecule has 1 heterocycles. The van der Waals surface area contributed by atoms with Crippen LogP contribution < -0.4 is 0 Å². The quantitative estimate of drug-likeness (QED) is 0.127. The van der Waals surface area contributed by atoms with Crippen LogP contribution >= 0.6 is 0 Å². The zero-order chi connectivity index (χ0) is 41.3. The summed E-state index contributed by atoms with van der Waals surface area (Å²) < 4.78 is 23.0. The molecule has 0 aromatic rings. The zero-order valence-corrected chi connectivity index (χ0v) is 35.7. The molecule has 304 valence electrons. The van der Waals surface area contributed by atoms with Gasteiger partial charge in [0, 0.05) is 14.2 Å². The Hall–Kier alpha value is -3.40. The Morgan fingerprint density at radius 3 is 1.65 bits per heavy atom. The molecule has 7 heteroatoms. The summed E-state index contributed by atoms with van der Waals surface area (Å²) in [6.45, 7) is 22.0. The fourth-order valence-electron chi connectivity index (χ4n) is 6.66. The van der Waals surface area contributed by atoms with Gasteiger partial charge in [-0.1, -0.05) is 151 Å². The maximum Gasteiger partial charge on any atom is 0.187 e. The highest BCUT2D eigenvalue weighted by atomic mass is 16.7. The minimum absolute atomic E-state index is 0.0146. The average Bonchev–Trinajstić information content (AvgIpc) is 3.07. The van der Waals surface area contributed by atoms with E-state index in [1.165, 1.54) is 30.9 Å². The third-order valence-corrected chi connectivity index (χ3v) is 9.78. The highest BCUT2D eigenvalue weighted by Gasteiger charge is 2.46. The lowest BCUT2D eigenvalue weighted by Gasteiger charge is -2.44. The first kappa shape index (κ1) is 47.8. The molecule has 2 rings (SSSR count). The maximum absolute atomic E-state index is 10.8. The topological polar surface area (TPSA) is 97.6 Å². The van der Waals surface area contributed by atoms with Gasteiger partial charge in [0.25, 0.3) is 0 Å². The Morgan fingerprint density at radius 2 is 1.20 bits per heavy atom. The lowest BCUT2D eigenvalue weighted by Crippen LogP contribution is -2.60. The highest BCUT2D eigenvalue weighted by molar-refractivity contribution is 5.38. The summed E-state index contributed by atoms with van der Waals surface area (Å²) in [5, 5.41) is 31.7. The summed E-state index contributed by atoms with van der Waals surface area (Å²) in [4.78, 5) is 0. The third kappa shape index (κ3) is 16.7. The predicted molar refractivity (Wildman–Crippen MR) is 228 cm³/mol. The van der Waals surface area contributed by atoms with E-state index in [4.69, 9.17) is 18.9 Å². The predicted octanol–water partition coefficient (Wildman–Crippen LogP) is 9.84. The van der Waals surface area contributed by atoms with Gasteiger partial charge in [-0.15, -0.1) is 0 Å². The summed E-state index contributed by atoms with van der Waals surface area (Å²) in [6.07, 6.45) is 31.9. The highest BCUT2D eigenvalue weighted by Crippen LogP contribution is 2.41. The van der Waals surface area contributed by atoms with Crippen LogP contribution in [0.5, 0.6) is 0 Å². The maximum atomic E-state index is 10.8. The van der Waals surface area contributed by atoms with Crippen LogP contribution in [0.15, 0.2) is 142 Å². The number of aliphatic hydroxyl groups excluding tert-OH is 2. The third-order valence-electron chi connectivity index (χ3n) is 9.78. The number of aliphatic hydroxyl groups is 3. The van der Waals surface area contributed by atoms with E-state index in [1.807, 2.05) is 63.3 Å². The molecule has 7 atom stereocenters. The van der Waals surface area contributed by atoms with Gasteiger partial charge >= 0.3 is 0 Å². The first-order valence-corrected chi connectivity index (χ1v) is 19.4. The Kier molecular flexibility index (Phi) is 20.0. The van der Waals surface area contributed by atoms with Crippen molar-refractivity contribution in [2.75, 3.05) is 14.2 Å². The molecule has 0 radical (unpaired) electrons. The number of allylic oxidation sites excluding steroid dienone is 22. The largest absolute Gasteiger partial charge is 0.393 e. The van der Waals surface area contributed by atoms with Crippen molar-refractivity contribution in [1.29, 1.82) is 0 Å². The van der Waals surface area contributed by atoms with Gasteiger partial charge in [-0.2, -0.15) is 0 Å². The summed E-state index contributed by atoms with van der Waals surface area (Å²) in [5.41, 5.74) is 6.93. The monoisotopic (exact) mass is 759 g/mol. The van der Waals surface area contributed by atoms with Crippen molar-refractivity contribution in [1.82, 2.24) is 0 Å². The van der Waals surface area contributed by atoms with Gasteiger partial charge in [-0.25, -0.2) is 0 Å². The van der Waals surface area contributed by atoms with Crippen LogP contribution in [-0.2, 0) is 18.9 Å². The molecule has 55 heavy (non-hydrogen) atoms. The molecular formula is C48H70O7. The molecule has 0 unspecified atom stereocenters. The molecule has 0 bridgehead atoms. The smallest absolute Gasteiger partial charge is 0.187 e. The van der Waals surface area contributed by atoms with Gasteiger partial charge in [-0.3, -0.25) is 0 Å². The second kappa shape index (κ2) is 23.0. The van der Waals surface area contributed by atoms with Crippen LogP contribution in [0.25, 0.3) is 0 Å². The normalized spacial score (nSPS) is 27.7. The summed E-state index contributed by atoms with van der Waals surface area (Å²) in [6, 6.07) is 0. The molecule has 7 nitrogen and oxygen atoms in total. The zero-order valence-electron chi connectivity index (χ0n) is 35.7. The molecule has 0 aromatic heterocycles. The van der Waals surface area contributed by atoms with Crippen molar-refractivity contribution in [3.63, 3.8) is 0 Å². The second-order valence-electron chi connectivity index (χ2n) is 16.2. The number of methoxy groups -OCH3 is 2. The van der Waals surface area contributed by atoms with Crippen LogP contribution in [0.4, 0.5) is 0 Å². The van der Waals surface area contributed by atoms with Crippen LogP contribution in [0.2, 0.25) is 0 Å². The number of hydrogen-bond acceptors (Lipinski definition) is 7. The van der Waals surface area contributed by atoms with Crippen LogP contribution in [0, 0.1) is 5.41 Å². The lowest BCUT2D eigenvalue weighted by molar-refractivity contribution is -0.316. The molecule has 2 aliphatic rings. The Balaban J connectivity index is 1.92. The number of ether oxygens (including phenoxy) is 4. The van der Waals surface area contributed by atoms with E-state index in [9.17, 15) is 15.3 Å². The Bertz CT molecular complexity index is 1610. The lowest BCUT2D eigenvalue weighted by atomic mass is 9.71. The molecule has 0 aromatic carbocycles. The SMILES string of the molecule is CO[C@@H]1[C@H](O[C@@H](/C=C/C(C)=C/C=C/C(C)=C/C=C/C(C)=C/C=C/C=C(C)/C=C/C=C(C)/C=C/C2=C(C)C[C@@H](O)CC2(C)C)C(C)(C)O)O[C@@H](C)[C@@H](OC)[C@H]1O.